The summed E-state index contributed by atoms with van der Waals surface area (Å²) in [6.07, 6.45) is 6.90. The molecule has 5 heteroatoms. The van der Waals surface area contributed by atoms with Crippen molar-refractivity contribution in [3.05, 3.63) is 84.4 Å². The van der Waals surface area contributed by atoms with E-state index >= 15 is 0 Å². The summed E-state index contributed by atoms with van der Waals surface area (Å²) >= 11 is 0. The maximum Gasteiger partial charge on any atom is 0.259 e. The first-order valence-corrected chi connectivity index (χ1v) is 8.24. The van der Waals surface area contributed by atoms with E-state index in [4.69, 9.17) is 0 Å². The second-order valence-corrected chi connectivity index (χ2v) is 5.96. The number of carbonyl (C=O) groups is 1. The van der Waals surface area contributed by atoms with Gasteiger partial charge in [-0.25, -0.2) is 4.98 Å². The van der Waals surface area contributed by atoms with Crippen molar-refractivity contribution in [1.29, 1.82) is 0 Å². The summed E-state index contributed by atoms with van der Waals surface area (Å²) in [4.78, 5) is 25.7. The minimum atomic E-state index is -0.240. The zero-order valence-corrected chi connectivity index (χ0v) is 14.2. The number of aromatic nitrogens is 3. The average Bonchev–Trinajstić information content (AvgIpc) is 2.68. The van der Waals surface area contributed by atoms with Crippen molar-refractivity contribution in [2.75, 3.05) is 5.32 Å². The van der Waals surface area contributed by atoms with E-state index in [0.717, 1.165) is 22.1 Å². The minimum Gasteiger partial charge on any atom is -0.306 e. The van der Waals surface area contributed by atoms with Crippen molar-refractivity contribution in [2.45, 2.75) is 6.92 Å². The molecule has 0 radical (unpaired) electrons. The van der Waals surface area contributed by atoms with Crippen LogP contribution < -0.4 is 5.32 Å². The van der Waals surface area contributed by atoms with Crippen LogP contribution in [0.2, 0.25) is 0 Å². The lowest BCUT2D eigenvalue weighted by Crippen LogP contribution is -2.14. The van der Waals surface area contributed by atoms with Gasteiger partial charge in [-0.05, 0) is 54.4 Å². The quantitative estimate of drug-likeness (QED) is 0.605. The summed E-state index contributed by atoms with van der Waals surface area (Å²) in [6.45, 7) is 2.03. The highest BCUT2D eigenvalue weighted by Crippen LogP contribution is 2.28. The molecule has 3 aromatic heterocycles. The Morgan fingerprint density at radius 1 is 0.962 bits per heavy atom. The molecule has 0 saturated heterocycles. The van der Waals surface area contributed by atoms with Crippen molar-refractivity contribution < 1.29 is 4.79 Å². The average molecular weight is 340 g/mol. The lowest BCUT2D eigenvalue weighted by Gasteiger charge is -2.11. The Morgan fingerprint density at radius 2 is 1.85 bits per heavy atom. The van der Waals surface area contributed by atoms with Crippen molar-refractivity contribution >= 4 is 22.6 Å². The predicted octanol–water partition coefficient (Wildman–Crippen LogP) is 4.25. The maximum absolute atomic E-state index is 12.9. The largest absolute Gasteiger partial charge is 0.306 e. The molecule has 0 bridgehead atoms. The molecule has 1 amide bonds. The van der Waals surface area contributed by atoms with Gasteiger partial charge in [0.2, 0.25) is 0 Å². The summed E-state index contributed by atoms with van der Waals surface area (Å²) in [5, 5.41) is 3.74. The Morgan fingerprint density at radius 3 is 2.65 bits per heavy atom. The number of amides is 1. The lowest BCUT2D eigenvalue weighted by molar-refractivity contribution is 0.102. The van der Waals surface area contributed by atoms with Crippen LogP contribution in [0, 0.1) is 6.92 Å². The van der Waals surface area contributed by atoms with Crippen LogP contribution >= 0.6 is 0 Å². The van der Waals surface area contributed by atoms with Crippen molar-refractivity contribution in [1.82, 2.24) is 15.0 Å². The number of fused-ring (bicyclic) bond motifs is 1. The van der Waals surface area contributed by atoms with E-state index in [9.17, 15) is 4.79 Å². The molecule has 0 spiro atoms. The van der Waals surface area contributed by atoms with Gasteiger partial charge in [0, 0.05) is 35.7 Å². The number of anilines is 1. The minimum absolute atomic E-state index is 0.240. The number of carbonyl (C=O) groups excluding carboxylic acids is 1. The van der Waals surface area contributed by atoms with Crippen molar-refractivity contribution in [3.63, 3.8) is 0 Å². The molecule has 4 rings (SSSR count). The van der Waals surface area contributed by atoms with Crippen LogP contribution in [-0.2, 0) is 0 Å². The third-order valence-electron chi connectivity index (χ3n) is 4.21. The summed E-state index contributed by atoms with van der Waals surface area (Å²) in [5.74, 6) is 0.264. The Labute approximate surface area is 150 Å². The Bertz CT molecular complexity index is 1090. The van der Waals surface area contributed by atoms with Crippen LogP contribution in [-0.4, -0.2) is 20.9 Å². The first kappa shape index (κ1) is 15.9. The van der Waals surface area contributed by atoms with Gasteiger partial charge < -0.3 is 5.32 Å². The normalized spacial score (nSPS) is 10.7. The third kappa shape index (κ3) is 3.02. The van der Waals surface area contributed by atoms with E-state index in [0.29, 0.717) is 16.9 Å². The van der Waals surface area contributed by atoms with Crippen LogP contribution in [0.1, 0.15) is 15.9 Å². The van der Waals surface area contributed by atoms with Crippen LogP contribution in [0.3, 0.4) is 0 Å². The molecule has 0 aliphatic heterocycles. The molecule has 0 fully saturated rings. The molecule has 0 saturated carbocycles. The highest BCUT2D eigenvalue weighted by molar-refractivity contribution is 6.12. The standard InChI is InChI=1S/C21H16N4O/c1-14-7-10-22-13-18(14)16-11-15-5-4-9-24-20(15)17(12-16)21(26)25-19-6-2-3-8-23-19/h2-13H,1H3,(H,23,25,26). The van der Waals surface area contributed by atoms with E-state index in [2.05, 4.69) is 20.3 Å². The molecular weight excluding hydrogens is 324 g/mol. The topological polar surface area (TPSA) is 67.8 Å². The van der Waals surface area contributed by atoms with Gasteiger partial charge in [-0.2, -0.15) is 0 Å². The van der Waals surface area contributed by atoms with E-state index in [1.54, 1.807) is 30.7 Å². The zero-order valence-electron chi connectivity index (χ0n) is 14.2. The lowest BCUT2D eigenvalue weighted by atomic mass is 9.97. The molecular formula is C21H16N4O. The van der Waals surface area contributed by atoms with Gasteiger partial charge in [-0.3, -0.25) is 14.8 Å². The maximum atomic E-state index is 12.9. The number of rotatable bonds is 3. The molecule has 0 atom stereocenters. The molecule has 26 heavy (non-hydrogen) atoms. The van der Waals surface area contributed by atoms with Crippen molar-refractivity contribution in [3.8, 4) is 11.1 Å². The van der Waals surface area contributed by atoms with E-state index < -0.39 is 0 Å². The van der Waals surface area contributed by atoms with Crippen LogP contribution in [0.4, 0.5) is 5.82 Å². The van der Waals surface area contributed by atoms with Gasteiger partial charge in [-0.1, -0.05) is 12.1 Å². The Kier molecular flexibility index (Phi) is 4.11. The van der Waals surface area contributed by atoms with Gasteiger partial charge >= 0.3 is 0 Å². The summed E-state index contributed by atoms with van der Waals surface area (Å²) in [7, 11) is 0. The first-order chi connectivity index (χ1) is 12.7. The molecule has 3 heterocycles. The van der Waals surface area contributed by atoms with Gasteiger partial charge in [0.15, 0.2) is 0 Å². The second kappa shape index (κ2) is 6.72. The van der Waals surface area contributed by atoms with E-state index in [1.165, 1.54) is 0 Å². The molecule has 1 aromatic carbocycles. The fourth-order valence-corrected chi connectivity index (χ4v) is 2.91. The Hall–Kier alpha value is -3.60. The molecule has 0 unspecified atom stereocenters. The fourth-order valence-electron chi connectivity index (χ4n) is 2.91. The number of nitrogens with one attached hydrogen (secondary N) is 1. The monoisotopic (exact) mass is 340 g/mol. The highest BCUT2D eigenvalue weighted by Gasteiger charge is 2.15. The first-order valence-electron chi connectivity index (χ1n) is 8.24. The molecule has 0 aliphatic carbocycles. The van der Waals surface area contributed by atoms with Gasteiger partial charge in [0.05, 0.1) is 11.1 Å². The molecule has 1 N–H and O–H groups in total. The molecule has 5 nitrogen and oxygen atoms in total. The zero-order chi connectivity index (χ0) is 17.9. The summed E-state index contributed by atoms with van der Waals surface area (Å²) in [6, 6.07) is 15.0. The molecule has 4 aromatic rings. The third-order valence-corrected chi connectivity index (χ3v) is 4.21. The van der Waals surface area contributed by atoms with Gasteiger partial charge in [0.1, 0.15) is 5.82 Å². The Balaban J connectivity index is 1.85. The fraction of sp³-hybridized carbons (Fsp3) is 0.0476. The summed E-state index contributed by atoms with van der Waals surface area (Å²) < 4.78 is 0. The number of nitrogens with zero attached hydrogens (tertiary/aromatic N) is 3. The predicted molar refractivity (Wildman–Crippen MR) is 102 cm³/mol. The second-order valence-electron chi connectivity index (χ2n) is 5.96. The number of aryl methyl sites for hydroxylation is 1. The molecule has 0 aliphatic rings. The SMILES string of the molecule is Cc1ccncc1-c1cc(C(=O)Nc2ccccn2)c2ncccc2c1. The number of benzene rings is 1. The summed E-state index contributed by atoms with van der Waals surface area (Å²) in [5.41, 5.74) is 4.19. The van der Waals surface area contributed by atoms with E-state index in [-0.39, 0.29) is 5.91 Å². The number of hydrogen-bond acceptors (Lipinski definition) is 4. The van der Waals surface area contributed by atoms with E-state index in [1.807, 2.05) is 49.5 Å². The van der Waals surface area contributed by atoms with Crippen LogP contribution in [0.15, 0.2) is 73.3 Å². The van der Waals surface area contributed by atoms with Gasteiger partial charge in [-0.15, -0.1) is 0 Å². The van der Waals surface area contributed by atoms with Crippen LogP contribution in [0.5, 0.6) is 0 Å². The number of pyridine rings is 3. The smallest absolute Gasteiger partial charge is 0.259 e. The van der Waals surface area contributed by atoms with Crippen LogP contribution in [0.25, 0.3) is 22.0 Å². The highest BCUT2D eigenvalue weighted by atomic mass is 16.1. The molecule has 126 valence electrons. The van der Waals surface area contributed by atoms with Crippen molar-refractivity contribution in [2.24, 2.45) is 0 Å². The van der Waals surface area contributed by atoms with Gasteiger partial charge in [0.25, 0.3) is 5.91 Å². The number of hydrogen-bond donors (Lipinski definition) is 1.